The van der Waals surface area contributed by atoms with Crippen molar-refractivity contribution in [2.45, 2.75) is 26.6 Å². The molecular weight excluding hydrogens is 381 g/mol. The van der Waals surface area contributed by atoms with Crippen molar-refractivity contribution in [3.8, 4) is 11.4 Å². The zero-order chi connectivity index (χ0) is 19.6. The summed E-state index contributed by atoms with van der Waals surface area (Å²) in [4.78, 5) is 18.7. The maximum Gasteiger partial charge on any atom is 0.416 e. The SMILES string of the molecule is CCN(C(C)=O)c1nc(Cn2nnc(-c3cccc(C(F)(F)F)c3)n2)cs1. The van der Waals surface area contributed by atoms with Gasteiger partial charge in [0, 0.05) is 24.4 Å². The van der Waals surface area contributed by atoms with Gasteiger partial charge in [0.25, 0.3) is 0 Å². The van der Waals surface area contributed by atoms with Gasteiger partial charge in [0.05, 0.1) is 11.3 Å². The fraction of sp³-hybridized carbons (Fsp3) is 0.312. The van der Waals surface area contributed by atoms with Gasteiger partial charge in [0.2, 0.25) is 11.7 Å². The van der Waals surface area contributed by atoms with Crippen LogP contribution in [0.2, 0.25) is 0 Å². The number of nitrogens with zero attached hydrogens (tertiary/aromatic N) is 6. The summed E-state index contributed by atoms with van der Waals surface area (Å²) in [5.41, 5.74) is 0.0795. The third-order valence-electron chi connectivity index (χ3n) is 3.67. The number of aromatic nitrogens is 5. The predicted octanol–water partition coefficient (Wildman–Crippen LogP) is 3.24. The van der Waals surface area contributed by atoms with Gasteiger partial charge in [0.15, 0.2) is 5.13 Å². The number of tetrazole rings is 1. The Morgan fingerprint density at radius 2 is 2.11 bits per heavy atom. The summed E-state index contributed by atoms with van der Waals surface area (Å²) in [5.74, 6) is -0.0143. The Labute approximate surface area is 156 Å². The largest absolute Gasteiger partial charge is 0.416 e. The maximum absolute atomic E-state index is 12.8. The molecule has 142 valence electrons. The van der Waals surface area contributed by atoms with E-state index in [9.17, 15) is 18.0 Å². The minimum absolute atomic E-state index is 0.0930. The van der Waals surface area contributed by atoms with E-state index in [4.69, 9.17) is 0 Å². The van der Waals surface area contributed by atoms with Gasteiger partial charge in [-0.15, -0.1) is 21.5 Å². The van der Waals surface area contributed by atoms with E-state index in [2.05, 4.69) is 20.4 Å². The second-order valence-electron chi connectivity index (χ2n) is 5.61. The molecule has 0 aliphatic rings. The van der Waals surface area contributed by atoms with Crippen molar-refractivity contribution < 1.29 is 18.0 Å². The van der Waals surface area contributed by atoms with E-state index in [1.165, 1.54) is 40.1 Å². The van der Waals surface area contributed by atoms with Crippen LogP contribution in [-0.2, 0) is 17.5 Å². The molecule has 0 radical (unpaired) electrons. The van der Waals surface area contributed by atoms with Gasteiger partial charge in [-0.05, 0) is 24.3 Å². The lowest BCUT2D eigenvalue weighted by Crippen LogP contribution is -2.27. The first kappa shape index (κ1) is 19.0. The van der Waals surface area contributed by atoms with Crippen molar-refractivity contribution in [2.24, 2.45) is 0 Å². The molecule has 0 fully saturated rings. The highest BCUT2D eigenvalue weighted by atomic mass is 32.1. The summed E-state index contributed by atoms with van der Waals surface area (Å²) in [6.45, 7) is 4.01. The van der Waals surface area contributed by atoms with Crippen LogP contribution < -0.4 is 4.90 Å². The monoisotopic (exact) mass is 396 g/mol. The van der Waals surface area contributed by atoms with Crippen LogP contribution in [0.3, 0.4) is 0 Å². The first-order valence-electron chi connectivity index (χ1n) is 7.96. The van der Waals surface area contributed by atoms with Crippen LogP contribution in [0.4, 0.5) is 18.3 Å². The van der Waals surface area contributed by atoms with Gasteiger partial charge in [0.1, 0.15) is 6.54 Å². The second kappa shape index (κ2) is 7.43. The van der Waals surface area contributed by atoms with E-state index >= 15 is 0 Å². The minimum atomic E-state index is -4.44. The molecule has 2 aromatic heterocycles. The van der Waals surface area contributed by atoms with Gasteiger partial charge >= 0.3 is 6.18 Å². The molecule has 0 N–H and O–H groups in total. The number of anilines is 1. The molecule has 1 amide bonds. The van der Waals surface area contributed by atoms with E-state index in [0.29, 0.717) is 17.4 Å². The Bertz CT molecular complexity index is 952. The van der Waals surface area contributed by atoms with Gasteiger partial charge in [-0.1, -0.05) is 12.1 Å². The molecule has 1 aromatic carbocycles. The Kier molecular flexibility index (Phi) is 5.22. The van der Waals surface area contributed by atoms with Crippen LogP contribution in [0.15, 0.2) is 29.6 Å². The molecule has 27 heavy (non-hydrogen) atoms. The number of alkyl halides is 3. The predicted molar refractivity (Wildman–Crippen MR) is 93.2 cm³/mol. The van der Waals surface area contributed by atoms with E-state index in [1.807, 2.05) is 6.92 Å². The molecular formula is C16H15F3N6OS. The molecule has 3 rings (SSSR count). The first-order chi connectivity index (χ1) is 12.8. The molecule has 0 atom stereocenters. The summed E-state index contributed by atoms with van der Waals surface area (Å²) in [6, 6.07) is 4.75. The number of hydrogen-bond acceptors (Lipinski definition) is 6. The molecule has 11 heteroatoms. The van der Waals surface area contributed by atoms with E-state index < -0.39 is 11.7 Å². The van der Waals surface area contributed by atoms with Crippen LogP contribution in [0.5, 0.6) is 0 Å². The fourth-order valence-electron chi connectivity index (χ4n) is 2.39. The number of carbonyl (C=O) groups excluding carboxylic acids is 1. The lowest BCUT2D eigenvalue weighted by molar-refractivity contribution is -0.137. The lowest BCUT2D eigenvalue weighted by atomic mass is 10.1. The number of hydrogen-bond donors (Lipinski definition) is 0. The van der Waals surface area contributed by atoms with E-state index in [0.717, 1.165) is 12.1 Å². The lowest BCUT2D eigenvalue weighted by Gasteiger charge is -2.14. The fourth-order valence-corrected chi connectivity index (χ4v) is 3.31. The van der Waals surface area contributed by atoms with Crippen molar-refractivity contribution in [1.29, 1.82) is 0 Å². The molecule has 0 saturated heterocycles. The number of halogens is 3. The molecule has 7 nitrogen and oxygen atoms in total. The number of benzene rings is 1. The van der Waals surface area contributed by atoms with Crippen LogP contribution in [-0.4, -0.2) is 37.6 Å². The topological polar surface area (TPSA) is 76.8 Å². The van der Waals surface area contributed by atoms with Gasteiger partial charge < -0.3 is 0 Å². The van der Waals surface area contributed by atoms with Crippen molar-refractivity contribution in [2.75, 3.05) is 11.4 Å². The molecule has 0 aliphatic heterocycles. The summed E-state index contributed by atoms with van der Waals surface area (Å²) in [5, 5.41) is 14.1. The van der Waals surface area contributed by atoms with Gasteiger partial charge in [-0.25, -0.2) is 4.98 Å². The molecule has 0 saturated carbocycles. The number of amides is 1. The zero-order valence-corrected chi connectivity index (χ0v) is 15.3. The van der Waals surface area contributed by atoms with Crippen molar-refractivity contribution in [3.05, 3.63) is 40.9 Å². The zero-order valence-electron chi connectivity index (χ0n) is 14.4. The van der Waals surface area contributed by atoms with Crippen LogP contribution in [0, 0.1) is 0 Å². The summed E-state index contributed by atoms with van der Waals surface area (Å²) >= 11 is 1.32. The van der Waals surface area contributed by atoms with Gasteiger partial charge in [-0.2, -0.15) is 18.0 Å². The minimum Gasteiger partial charge on any atom is -0.289 e. The molecule has 0 aliphatic carbocycles. The van der Waals surface area contributed by atoms with E-state index in [-0.39, 0.29) is 23.8 Å². The average molecular weight is 396 g/mol. The maximum atomic E-state index is 12.8. The highest BCUT2D eigenvalue weighted by Gasteiger charge is 2.30. The van der Waals surface area contributed by atoms with Crippen molar-refractivity contribution in [1.82, 2.24) is 25.2 Å². The molecule has 0 spiro atoms. The smallest absolute Gasteiger partial charge is 0.289 e. The Hall–Kier alpha value is -2.82. The average Bonchev–Trinajstić information content (AvgIpc) is 3.25. The third-order valence-corrected chi connectivity index (χ3v) is 4.58. The second-order valence-corrected chi connectivity index (χ2v) is 6.44. The highest BCUT2D eigenvalue weighted by Crippen LogP contribution is 2.31. The van der Waals surface area contributed by atoms with Crippen LogP contribution in [0.25, 0.3) is 11.4 Å². The van der Waals surface area contributed by atoms with Crippen LogP contribution >= 0.6 is 11.3 Å². The van der Waals surface area contributed by atoms with Crippen molar-refractivity contribution in [3.63, 3.8) is 0 Å². The normalized spacial score (nSPS) is 11.6. The Morgan fingerprint density at radius 3 is 2.78 bits per heavy atom. The summed E-state index contributed by atoms with van der Waals surface area (Å²) < 4.78 is 38.5. The number of rotatable bonds is 5. The molecule has 0 unspecified atom stereocenters. The van der Waals surface area contributed by atoms with Crippen molar-refractivity contribution >= 4 is 22.4 Å². The molecule has 0 bridgehead atoms. The Balaban J connectivity index is 1.78. The number of carbonyl (C=O) groups is 1. The van der Waals surface area contributed by atoms with Gasteiger partial charge in [-0.3, -0.25) is 9.69 Å². The van der Waals surface area contributed by atoms with Crippen LogP contribution in [0.1, 0.15) is 25.1 Å². The summed E-state index contributed by atoms with van der Waals surface area (Å²) in [6.07, 6.45) is -4.44. The summed E-state index contributed by atoms with van der Waals surface area (Å²) in [7, 11) is 0. The third kappa shape index (κ3) is 4.30. The highest BCUT2D eigenvalue weighted by molar-refractivity contribution is 7.14. The molecule has 2 heterocycles. The number of thiazole rings is 1. The quantitative estimate of drug-likeness (QED) is 0.662. The Morgan fingerprint density at radius 1 is 1.33 bits per heavy atom. The van der Waals surface area contributed by atoms with E-state index in [1.54, 1.807) is 5.38 Å². The standard InChI is InChI=1S/C16H15F3N6OS/c1-3-24(10(2)26)15-20-13(9-27-15)8-25-22-14(21-23-25)11-5-4-6-12(7-11)16(17,18)19/h4-7,9H,3,8H2,1-2H3. The molecule has 3 aromatic rings. The first-order valence-corrected chi connectivity index (χ1v) is 8.84.